The van der Waals surface area contributed by atoms with E-state index in [9.17, 15) is 8.42 Å². The first-order valence-electron chi connectivity index (χ1n) is 3.57. The molecule has 2 N–H and O–H groups in total. The number of H-pyrrole nitrogens is 1. The molecular formula is C6H10BrN3O2S. The lowest BCUT2D eigenvalue weighted by Gasteiger charge is -2.01. The molecule has 1 aromatic heterocycles. The van der Waals surface area contributed by atoms with Crippen molar-refractivity contribution >= 4 is 26.0 Å². The number of sulfonamides is 1. The number of nitrogens with zero attached hydrogens (tertiary/aromatic N) is 1. The van der Waals surface area contributed by atoms with E-state index in [0.717, 1.165) is 11.3 Å². The molecule has 7 heteroatoms. The topological polar surface area (TPSA) is 74.8 Å². The Hall–Kier alpha value is -0.400. The zero-order valence-electron chi connectivity index (χ0n) is 7.04. The Kier molecular flexibility index (Phi) is 3.46. The van der Waals surface area contributed by atoms with Crippen LogP contribution in [-0.4, -0.2) is 23.3 Å². The first-order valence-corrected chi connectivity index (χ1v) is 6.34. The van der Waals surface area contributed by atoms with Gasteiger partial charge in [-0.3, -0.25) is 5.10 Å². The van der Waals surface area contributed by atoms with E-state index in [4.69, 9.17) is 0 Å². The van der Waals surface area contributed by atoms with Crippen molar-refractivity contribution in [3.63, 3.8) is 0 Å². The van der Waals surface area contributed by atoms with Crippen LogP contribution in [0.15, 0.2) is 6.20 Å². The third-order valence-electron chi connectivity index (χ3n) is 1.56. The molecule has 0 bridgehead atoms. The van der Waals surface area contributed by atoms with Crippen LogP contribution in [-0.2, 0) is 16.6 Å². The molecule has 1 aromatic rings. The minimum Gasteiger partial charge on any atom is -0.283 e. The molecule has 0 atom stereocenters. The molecule has 0 saturated heterocycles. The van der Waals surface area contributed by atoms with Crippen LogP contribution in [0.2, 0.25) is 0 Å². The van der Waals surface area contributed by atoms with E-state index < -0.39 is 10.0 Å². The highest BCUT2D eigenvalue weighted by Gasteiger charge is 2.08. The Morgan fingerprint density at radius 3 is 2.85 bits per heavy atom. The van der Waals surface area contributed by atoms with Crippen LogP contribution in [0.4, 0.5) is 0 Å². The average molecular weight is 268 g/mol. The van der Waals surface area contributed by atoms with Crippen molar-refractivity contribution in [2.45, 2.75) is 13.5 Å². The zero-order chi connectivity index (χ0) is 9.90. The zero-order valence-corrected chi connectivity index (χ0v) is 9.44. The molecule has 1 heterocycles. The van der Waals surface area contributed by atoms with Crippen LogP contribution in [0.5, 0.6) is 0 Å². The number of rotatable bonds is 4. The fraction of sp³-hybridized carbons (Fsp3) is 0.500. The number of hydrogen-bond acceptors (Lipinski definition) is 3. The molecule has 0 fully saturated rings. The second-order valence-electron chi connectivity index (χ2n) is 2.57. The standard InChI is InChI=1S/C6H10BrN3O2S/c1-5-6(2-8-10-5)3-9-13(11,12)4-7/h2,9H,3-4H2,1H3,(H,8,10). The summed E-state index contributed by atoms with van der Waals surface area (Å²) in [6, 6.07) is 0. The maximum Gasteiger partial charge on any atom is 0.221 e. The molecule has 0 radical (unpaired) electrons. The van der Waals surface area contributed by atoms with E-state index >= 15 is 0 Å². The number of aryl methyl sites for hydroxylation is 1. The van der Waals surface area contributed by atoms with Crippen molar-refractivity contribution < 1.29 is 8.42 Å². The van der Waals surface area contributed by atoms with Gasteiger partial charge in [0.05, 0.1) is 6.20 Å². The van der Waals surface area contributed by atoms with Gasteiger partial charge in [0.2, 0.25) is 10.0 Å². The van der Waals surface area contributed by atoms with Gasteiger partial charge < -0.3 is 0 Å². The van der Waals surface area contributed by atoms with Crippen LogP contribution in [0.1, 0.15) is 11.3 Å². The summed E-state index contributed by atoms with van der Waals surface area (Å²) < 4.78 is 24.4. The molecule has 0 aliphatic carbocycles. The quantitative estimate of drug-likeness (QED) is 0.780. The van der Waals surface area contributed by atoms with Crippen molar-refractivity contribution in [3.05, 3.63) is 17.5 Å². The molecule has 0 amide bonds. The van der Waals surface area contributed by atoms with E-state index in [1.54, 1.807) is 6.20 Å². The summed E-state index contributed by atoms with van der Waals surface area (Å²) in [5.74, 6) is 0. The Balaban J connectivity index is 2.58. The molecule has 0 spiro atoms. The highest BCUT2D eigenvalue weighted by molar-refractivity contribution is 9.10. The lowest BCUT2D eigenvalue weighted by molar-refractivity contribution is 0.586. The summed E-state index contributed by atoms with van der Waals surface area (Å²) in [7, 11) is -3.19. The number of nitrogens with one attached hydrogen (secondary N) is 2. The van der Waals surface area contributed by atoms with Gasteiger partial charge in [0.15, 0.2) is 0 Å². The molecular weight excluding hydrogens is 258 g/mol. The van der Waals surface area contributed by atoms with Crippen LogP contribution in [0, 0.1) is 6.92 Å². The molecule has 5 nitrogen and oxygen atoms in total. The maximum atomic E-state index is 11.0. The van der Waals surface area contributed by atoms with E-state index in [1.807, 2.05) is 6.92 Å². The van der Waals surface area contributed by atoms with Crippen LogP contribution < -0.4 is 4.72 Å². The number of aromatic amines is 1. The number of hydrogen-bond donors (Lipinski definition) is 2. The smallest absolute Gasteiger partial charge is 0.221 e. The summed E-state index contributed by atoms with van der Waals surface area (Å²) in [6.07, 6.45) is 1.60. The van der Waals surface area contributed by atoms with E-state index in [-0.39, 0.29) is 11.2 Å². The third-order valence-corrected chi connectivity index (χ3v) is 4.24. The summed E-state index contributed by atoms with van der Waals surface area (Å²) in [6.45, 7) is 2.11. The van der Waals surface area contributed by atoms with E-state index in [1.165, 1.54) is 0 Å². The number of alkyl halides is 1. The predicted molar refractivity (Wildman–Crippen MR) is 52.9 cm³/mol. The Morgan fingerprint density at radius 2 is 2.38 bits per heavy atom. The highest BCUT2D eigenvalue weighted by Crippen LogP contribution is 2.02. The summed E-state index contributed by atoms with van der Waals surface area (Å²) >= 11 is 2.88. The summed E-state index contributed by atoms with van der Waals surface area (Å²) in [5.41, 5.74) is 1.72. The molecule has 1 rings (SSSR count). The van der Waals surface area contributed by atoms with Crippen molar-refractivity contribution in [1.29, 1.82) is 0 Å². The monoisotopic (exact) mass is 267 g/mol. The van der Waals surface area contributed by atoms with Gasteiger partial charge in [-0.1, -0.05) is 15.9 Å². The largest absolute Gasteiger partial charge is 0.283 e. The minimum absolute atomic E-state index is 0.0864. The van der Waals surface area contributed by atoms with E-state index in [2.05, 4.69) is 30.8 Å². The van der Waals surface area contributed by atoms with Gasteiger partial charge in [-0.05, 0) is 6.92 Å². The molecule has 0 aliphatic rings. The van der Waals surface area contributed by atoms with E-state index in [0.29, 0.717) is 0 Å². The normalized spacial score (nSPS) is 11.8. The lowest BCUT2D eigenvalue weighted by atomic mass is 10.3. The van der Waals surface area contributed by atoms with Gasteiger partial charge in [-0.25, -0.2) is 13.1 Å². The summed E-state index contributed by atoms with van der Waals surface area (Å²) in [4.78, 5) is 0. The van der Waals surface area contributed by atoms with Crippen molar-refractivity contribution in [2.24, 2.45) is 0 Å². The lowest BCUT2D eigenvalue weighted by Crippen LogP contribution is -2.23. The van der Waals surface area contributed by atoms with Gasteiger partial charge in [0.25, 0.3) is 0 Å². The average Bonchev–Trinajstić information content (AvgIpc) is 2.48. The second kappa shape index (κ2) is 4.21. The van der Waals surface area contributed by atoms with Gasteiger partial charge in [0.1, 0.15) is 4.66 Å². The van der Waals surface area contributed by atoms with Crippen LogP contribution in [0.3, 0.4) is 0 Å². The second-order valence-corrected chi connectivity index (χ2v) is 5.68. The fourth-order valence-electron chi connectivity index (χ4n) is 0.780. The third kappa shape index (κ3) is 3.09. The molecule has 0 aromatic carbocycles. The summed E-state index contributed by atoms with van der Waals surface area (Å²) in [5, 5.41) is 6.50. The van der Waals surface area contributed by atoms with Gasteiger partial charge in [-0.2, -0.15) is 5.10 Å². The fourth-order valence-corrected chi connectivity index (χ4v) is 1.72. The number of aromatic nitrogens is 2. The Labute approximate surface area is 85.1 Å². The first kappa shape index (κ1) is 10.7. The molecule has 13 heavy (non-hydrogen) atoms. The Bertz CT molecular complexity index is 373. The highest BCUT2D eigenvalue weighted by atomic mass is 79.9. The van der Waals surface area contributed by atoms with Gasteiger partial charge in [0, 0.05) is 17.8 Å². The molecule has 0 saturated carbocycles. The van der Waals surface area contributed by atoms with Crippen molar-refractivity contribution in [1.82, 2.24) is 14.9 Å². The maximum absolute atomic E-state index is 11.0. The first-order chi connectivity index (χ1) is 6.05. The molecule has 0 aliphatic heterocycles. The number of halogens is 1. The van der Waals surface area contributed by atoms with Crippen LogP contribution in [0.25, 0.3) is 0 Å². The van der Waals surface area contributed by atoms with Crippen molar-refractivity contribution in [2.75, 3.05) is 4.66 Å². The SMILES string of the molecule is Cc1[nH]ncc1CNS(=O)(=O)CBr. The molecule has 0 unspecified atom stereocenters. The van der Waals surface area contributed by atoms with Crippen LogP contribution >= 0.6 is 15.9 Å². The van der Waals surface area contributed by atoms with Gasteiger partial charge >= 0.3 is 0 Å². The minimum atomic E-state index is -3.19. The van der Waals surface area contributed by atoms with Gasteiger partial charge in [-0.15, -0.1) is 0 Å². The predicted octanol–water partition coefficient (Wildman–Crippen LogP) is 0.490. The molecule has 74 valence electrons. The Morgan fingerprint density at radius 1 is 1.69 bits per heavy atom. The van der Waals surface area contributed by atoms with Crippen molar-refractivity contribution in [3.8, 4) is 0 Å².